The average molecular weight is 374 g/mol. The summed E-state index contributed by atoms with van der Waals surface area (Å²) in [6, 6.07) is -0.00991. The van der Waals surface area contributed by atoms with Gasteiger partial charge in [0.1, 0.15) is 6.61 Å². The van der Waals surface area contributed by atoms with Crippen molar-refractivity contribution in [2.24, 2.45) is 11.3 Å². The van der Waals surface area contributed by atoms with Gasteiger partial charge in [0.15, 0.2) is 5.82 Å². The molecule has 3 rings (SSSR count). The molecule has 2 amide bonds. The van der Waals surface area contributed by atoms with Crippen molar-refractivity contribution in [1.82, 2.24) is 14.9 Å². The average Bonchev–Trinajstić information content (AvgIpc) is 3.02. The zero-order valence-electron chi connectivity index (χ0n) is 16.9. The number of amides is 2. The number of piperidine rings is 1. The number of ether oxygens (including phenoxy) is 1. The lowest BCUT2D eigenvalue weighted by molar-refractivity contribution is -0.140. The Morgan fingerprint density at radius 3 is 2.37 bits per heavy atom. The van der Waals surface area contributed by atoms with Crippen LogP contribution in [-0.4, -0.2) is 52.6 Å². The number of rotatable bonds is 3. The number of carbonyl (C=O) groups excluding carboxylic acids is 2. The summed E-state index contributed by atoms with van der Waals surface area (Å²) in [5.74, 6) is 1.32. The fourth-order valence-electron chi connectivity index (χ4n) is 3.71. The van der Waals surface area contributed by atoms with Gasteiger partial charge in [0.25, 0.3) is 0 Å². The molecule has 1 aromatic rings. The van der Waals surface area contributed by atoms with E-state index in [0.717, 1.165) is 31.6 Å². The first-order chi connectivity index (χ1) is 12.7. The molecule has 2 fully saturated rings. The molecule has 7 heteroatoms. The van der Waals surface area contributed by atoms with Crippen molar-refractivity contribution < 1.29 is 14.3 Å². The van der Waals surface area contributed by atoms with E-state index in [-0.39, 0.29) is 29.4 Å². The molecule has 3 heterocycles. The van der Waals surface area contributed by atoms with Gasteiger partial charge in [-0.3, -0.25) is 14.7 Å². The molecule has 0 saturated carbocycles. The molecular weight excluding hydrogens is 344 g/mol. The van der Waals surface area contributed by atoms with Gasteiger partial charge in [-0.05, 0) is 18.8 Å². The third-order valence-electron chi connectivity index (χ3n) is 5.42. The normalized spacial score (nSPS) is 21.7. The topological polar surface area (TPSA) is 75.6 Å². The first-order valence-electron chi connectivity index (χ1n) is 9.75. The highest BCUT2D eigenvalue weighted by Gasteiger charge is 2.37. The Balaban J connectivity index is 1.65. The maximum absolute atomic E-state index is 12.4. The molecular formula is C20H30N4O3. The second-order valence-electron chi connectivity index (χ2n) is 8.87. The van der Waals surface area contributed by atoms with Gasteiger partial charge in [-0.1, -0.05) is 34.6 Å². The van der Waals surface area contributed by atoms with Crippen molar-refractivity contribution in [1.29, 1.82) is 0 Å². The molecule has 2 saturated heterocycles. The molecule has 0 aliphatic carbocycles. The Morgan fingerprint density at radius 2 is 1.85 bits per heavy atom. The number of likely N-dealkylation sites (tertiary alicyclic amines) is 1. The van der Waals surface area contributed by atoms with Gasteiger partial charge in [-0.2, -0.15) is 0 Å². The monoisotopic (exact) mass is 374 g/mol. The molecule has 148 valence electrons. The van der Waals surface area contributed by atoms with Crippen molar-refractivity contribution in [2.45, 2.75) is 59.4 Å². The van der Waals surface area contributed by atoms with E-state index in [2.05, 4.69) is 23.8 Å². The van der Waals surface area contributed by atoms with E-state index in [0.29, 0.717) is 18.3 Å². The number of hydrogen-bond donors (Lipinski definition) is 0. The van der Waals surface area contributed by atoms with Gasteiger partial charge >= 0.3 is 6.09 Å². The maximum atomic E-state index is 12.4. The van der Waals surface area contributed by atoms with E-state index in [1.54, 1.807) is 17.3 Å². The highest BCUT2D eigenvalue weighted by molar-refractivity contribution is 5.89. The summed E-state index contributed by atoms with van der Waals surface area (Å²) in [5.41, 5.74) is 0.584. The lowest BCUT2D eigenvalue weighted by atomic mass is 9.90. The van der Waals surface area contributed by atoms with Crippen LogP contribution >= 0.6 is 0 Å². The Hall–Kier alpha value is -2.18. The first-order valence-corrected chi connectivity index (χ1v) is 9.75. The third-order valence-corrected chi connectivity index (χ3v) is 5.42. The van der Waals surface area contributed by atoms with Crippen LogP contribution in [0.15, 0.2) is 12.4 Å². The lowest BCUT2D eigenvalue weighted by Gasteiger charge is -2.35. The fourth-order valence-corrected chi connectivity index (χ4v) is 3.71. The molecule has 1 aromatic heterocycles. The molecule has 1 atom stereocenters. The highest BCUT2D eigenvalue weighted by atomic mass is 16.6. The SMILES string of the molecule is CC(C)C1COC(=O)N1c1cnc(C2CCN(C(=O)C(C)(C)C)CC2)cn1. The van der Waals surface area contributed by atoms with Gasteiger partial charge in [0, 0.05) is 24.4 Å². The van der Waals surface area contributed by atoms with Crippen molar-refractivity contribution in [3.05, 3.63) is 18.1 Å². The number of nitrogens with zero attached hydrogens (tertiary/aromatic N) is 4. The quantitative estimate of drug-likeness (QED) is 0.812. The minimum atomic E-state index is -0.357. The number of hydrogen-bond acceptors (Lipinski definition) is 5. The van der Waals surface area contributed by atoms with Gasteiger partial charge in [0.05, 0.1) is 24.1 Å². The molecule has 27 heavy (non-hydrogen) atoms. The number of anilines is 1. The summed E-state index contributed by atoms with van der Waals surface area (Å²) in [6.45, 7) is 11.9. The molecule has 0 spiro atoms. The van der Waals surface area contributed by atoms with E-state index in [4.69, 9.17) is 4.74 Å². The second kappa shape index (κ2) is 7.44. The lowest BCUT2D eigenvalue weighted by Crippen LogP contribution is -2.43. The summed E-state index contributed by atoms with van der Waals surface area (Å²) >= 11 is 0. The fraction of sp³-hybridized carbons (Fsp3) is 0.700. The summed E-state index contributed by atoms with van der Waals surface area (Å²) in [4.78, 5) is 37.1. The van der Waals surface area contributed by atoms with Gasteiger partial charge in [-0.25, -0.2) is 9.78 Å². The zero-order chi connectivity index (χ0) is 19.8. The molecule has 1 unspecified atom stereocenters. The molecule has 7 nitrogen and oxygen atoms in total. The highest BCUT2D eigenvalue weighted by Crippen LogP contribution is 2.30. The Morgan fingerprint density at radius 1 is 1.19 bits per heavy atom. The Labute approximate surface area is 161 Å². The summed E-state index contributed by atoms with van der Waals surface area (Å²) in [7, 11) is 0. The van der Waals surface area contributed by atoms with Crippen LogP contribution in [0.4, 0.5) is 10.6 Å². The third kappa shape index (κ3) is 4.06. The smallest absolute Gasteiger partial charge is 0.415 e. The van der Waals surface area contributed by atoms with E-state index in [1.165, 1.54) is 0 Å². The predicted molar refractivity (Wildman–Crippen MR) is 102 cm³/mol. The van der Waals surface area contributed by atoms with Gasteiger partial charge in [-0.15, -0.1) is 0 Å². The zero-order valence-corrected chi connectivity index (χ0v) is 16.9. The number of aromatic nitrogens is 2. The minimum Gasteiger partial charge on any atom is -0.447 e. The Kier molecular flexibility index (Phi) is 5.40. The summed E-state index contributed by atoms with van der Waals surface area (Å²) in [5, 5.41) is 0. The number of carbonyl (C=O) groups is 2. The van der Waals surface area contributed by atoms with Crippen molar-refractivity contribution in [3.63, 3.8) is 0 Å². The summed E-state index contributed by atoms with van der Waals surface area (Å²) < 4.78 is 5.18. The van der Waals surface area contributed by atoms with Crippen molar-refractivity contribution in [3.8, 4) is 0 Å². The van der Waals surface area contributed by atoms with Gasteiger partial charge in [0.2, 0.25) is 5.91 Å². The molecule has 0 bridgehead atoms. The van der Waals surface area contributed by atoms with Crippen molar-refractivity contribution in [2.75, 3.05) is 24.6 Å². The van der Waals surface area contributed by atoms with E-state index < -0.39 is 0 Å². The first kappa shape index (κ1) is 19.6. The molecule has 2 aliphatic heterocycles. The standard InChI is InChI=1S/C20H30N4O3/c1-13(2)16-12-27-19(26)24(16)17-11-21-15(10-22-17)14-6-8-23(9-7-14)18(25)20(3,4)5/h10-11,13-14,16H,6-9,12H2,1-5H3. The number of cyclic esters (lactones) is 1. The van der Waals surface area contributed by atoms with Crippen LogP contribution in [0, 0.1) is 11.3 Å². The van der Waals surface area contributed by atoms with Crippen LogP contribution in [0.25, 0.3) is 0 Å². The van der Waals surface area contributed by atoms with Crippen LogP contribution < -0.4 is 4.90 Å². The Bertz CT molecular complexity index is 688. The van der Waals surface area contributed by atoms with Crippen LogP contribution in [-0.2, 0) is 9.53 Å². The second-order valence-corrected chi connectivity index (χ2v) is 8.87. The van der Waals surface area contributed by atoms with E-state index in [1.807, 2.05) is 25.7 Å². The van der Waals surface area contributed by atoms with Gasteiger partial charge < -0.3 is 9.64 Å². The predicted octanol–water partition coefficient (Wildman–Crippen LogP) is 3.21. The maximum Gasteiger partial charge on any atom is 0.415 e. The van der Waals surface area contributed by atoms with Crippen LogP contribution in [0.5, 0.6) is 0 Å². The molecule has 0 aromatic carbocycles. The van der Waals surface area contributed by atoms with E-state index >= 15 is 0 Å². The molecule has 0 radical (unpaired) electrons. The van der Waals surface area contributed by atoms with Crippen LogP contribution in [0.3, 0.4) is 0 Å². The van der Waals surface area contributed by atoms with Crippen LogP contribution in [0.2, 0.25) is 0 Å². The largest absolute Gasteiger partial charge is 0.447 e. The summed E-state index contributed by atoms with van der Waals surface area (Å²) in [6.07, 6.45) is 4.85. The van der Waals surface area contributed by atoms with Crippen LogP contribution in [0.1, 0.15) is 59.1 Å². The molecule has 2 aliphatic rings. The van der Waals surface area contributed by atoms with E-state index in [9.17, 15) is 9.59 Å². The van der Waals surface area contributed by atoms with Crippen molar-refractivity contribution >= 4 is 17.8 Å². The minimum absolute atomic E-state index is 0.00991. The molecule has 0 N–H and O–H groups in total.